The molecule has 1 amide bonds. The summed E-state index contributed by atoms with van der Waals surface area (Å²) in [7, 11) is 2.61. The number of hydrogen-bond donors (Lipinski definition) is 0. The van der Waals surface area contributed by atoms with E-state index in [1.54, 1.807) is 32.4 Å². The average Bonchev–Trinajstić information content (AvgIpc) is 2.61. The van der Waals surface area contributed by atoms with Crippen LogP contribution in [0.5, 0.6) is 5.75 Å². The van der Waals surface area contributed by atoms with Crippen molar-refractivity contribution in [2.24, 2.45) is 0 Å². The molecule has 0 atom stereocenters. The molecule has 6 nitrogen and oxygen atoms in total. The number of nitrogens with zero attached hydrogens (tertiary/aromatic N) is 2. The molecule has 0 fully saturated rings. The molecule has 0 heterocycles. The molecule has 0 spiro atoms. The molecule has 140 valence electrons. The topological polar surface area (TPSA) is 66.9 Å². The van der Waals surface area contributed by atoms with E-state index < -0.39 is 10.0 Å². The fourth-order valence-electron chi connectivity index (χ4n) is 2.40. The third-order valence-electron chi connectivity index (χ3n) is 3.88. The van der Waals surface area contributed by atoms with E-state index in [1.165, 1.54) is 43.3 Å². The van der Waals surface area contributed by atoms with Crippen LogP contribution in [0.1, 0.15) is 15.9 Å². The van der Waals surface area contributed by atoms with Crippen molar-refractivity contribution in [1.82, 2.24) is 9.21 Å². The number of hydrogen-bond acceptors (Lipinski definition) is 4. The van der Waals surface area contributed by atoms with Gasteiger partial charge in [0.25, 0.3) is 5.91 Å². The summed E-state index contributed by atoms with van der Waals surface area (Å²) in [6.45, 7) is 0.306. The van der Waals surface area contributed by atoms with E-state index in [4.69, 9.17) is 16.3 Å². The highest BCUT2D eigenvalue weighted by molar-refractivity contribution is 7.89. The molecule has 0 aliphatic rings. The predicted octanol–water partition coefficient (Wildman–Crippen LogP) is 2.87. The Balaban J connectivity index is 2.20. The quantitative estimate of drug-likeness (QED) is 0.753. The normalized spacial score (nSPS) is 11.5. The average molecular weight is 397 g/mol. The summed E-state index contributed by atoms with van der Waals surface area (Å²) >= 11 is 6.02. The number of rotatable bonds is 6. The number of halogens is 1. The molecule has 0 aliphatic heterocycles. The second-order valence-electron chi connectivity index (χ2n) is 5.93. The summed E-state index contributed by atoms with van der Waals surface area (Å²) in [4.78, 5) is 14.3. The Kier molecular flexibility index (Phi) is 6.28. The largest absolute Gasteiger partial charge is 0.496 e. The molecule has 0 N–H and O–H groups in total. The van der Waals surface area contributed by atoms with Gasteiger partial charge >= 0.3 is 0 Å². The Bertz CT molecular complexity index is 896. The van der Waals surface area contributed by atoms with Gasteiger partial charge in [-0.15, -0.1) is 0 Å². The number of ether oxygens (including phenoxy) is 1. The molecule has 2 aromatic carbocycles. The van der Waals surface area contributed by atoms with Crippen LogP contribution in [0.3, 0.4) is 0 Å². The number of carbonyl (C=O) groups is 1. The Morgan fingerprint density at radius 1 is 1.08 bits per heavy atom. The van der Waals surface area contributed by atoms with Gasteiger partial charge in [0.15, 0.2) is 0 Å². The van der Waals surface area contributed by atoms with Crippen LogP contribution in [0.2, 0.25) is 5.02 Å². The number of methoxy groups -OCH3 is 1. The first-order valence-electron chi connectivity index (χ1n) is 7.77. The lowest BCUT2D eigenvalue weighted by atomic mass is 10.1. The molecule has 2 rings (SSSR count). The predicted molar refractivity (Wildman–Crippen MR) is 101 cm³/mol. The summed E-state index contributed by atoms with van der Waals surface area (Å²) < 4.78 is 30.6. The molecular weight excluding hydrogens is 376 g/mol. The monoisotopic (exact) mass is 396 g/mol. The van der Waals surface area contributed by atoms with Crippen molar-refractivity contribution in [1.29, 1.82) is 0 Å². The first kappa shape index (κ1) is 20.2. The highest BCUT2D eigenvalue weighted by atomic mass is 35.5. The maximum atomic E-state index is 12.6. The van der Waals surface area contributed by atoms with E-state index in [2.05, 4.69) is 0 Å². The van der Waals surface area contributed by atoms with Crippen molar-refractivity contribution in [3.05, 3.63) is 58.6 Å². The fraction of sp³-hybridized carbons (Fsp3) is 0.278. The summed E-state index contributed by atoms with van der Waals surface area (Å²) in [5.41, 5.74) is 1.17. The van der Waals surface area contributed by atoms with E-state index in [0.717, 1.165) is 9.87 Å². The van der Waals surface area contributed by atoms with Gasteiger partial charge in [-0.3, -0.25) is 4.79 Å². The van der Waals surface area contributed by atoms with Crippen molar-refractivity contribution in [3.8, 4) is 5.75 Å². The van der Waals surface area contributed by atoms with Gasteiger partial charge in [-0.1, -0.05) is 11.6 Å². The molecule has 8 heteroatoms. The number of carbonyl (C=O) groups excluding carboxylic acids is 1. The molecule has 0 radical (unpaired) electrons. The highest BCUT2D eigenvalue weighted by Crippen LogP contribution is 2.24. The highest BCUT2D eigenvalue weighted by Gasteiger charge is 2.19. The van der Waals surface area contributed by atoms with Gasteiger partial charge in [-0.05, 0) is 42.5 Å². The Labute approximate surface area is 159 Å². The zero-order chi connectivity index (χ0) is 19.5. The molecular formula is C18H21ClN2O4S. The van der Waals surface area contributed by atoms with Crippen LogP contribution in [0.15, 0.2) is 47.4 Å². The van der Waals surface area contributed by atoms with Gasteiger partial charge in [0, 0.05) is 43.8 Å². The van der Waals surface area contributed by atoms with Crippen LogP contribution in [0.25, 0.3) is 0 Å². The Morgan fingerprint density at radius 2 is 1.69 bits per heavy atom. The molecule has 0 bridgehead atoms. The van der Waals surface area contributed by atoms with Crippen LogP contribution in [-0.4, -0.2) is 51.8 Å². The minimum absolute atomic E-state index is 0.137. The molecule has 0 saturated heterocycles. The second kappa shape index (κ2) is 8.07. The smallest absolute Gasteiger partial charge is 0.253 e. The van der Waals surface area contributed by atoms with Crippen LogP contribution in [0, 0.1) is 0 Å². The van der Waals surface area contributed by atoms with E-state index in [9.17, 15) is 13.2 Å². The van der Waals surface area contributed by atoms with Crippen LogP contribution in [0.4, 0.5) is 0 Å². The van der Waals surface area contributed by atoms with Crippen molar-refractivity contribution < 1.29 is 17.9 Å². The van der Waals surface area contributed by atoms with Gasteiger partial charge < -0.3 is 9.64 Å². The molecule has 0 aromatic heterocycles. The molecule has 26 heavy (non-hydrogen) atoms. The lowest BCUT2D eigenvalue weighted by molar-refractivity contribution is 0.0784. The molecule has 0 saturated carbocycles. The van der Waals surface area contributed by atoms with Gasteiger partial charge in [-0.2, -0.15) is 0 Å². The zero-order valence-corrected chi connectivity index (χ0v) is 16.6. The summed E-state index contributed by atoms with van der Waals surface area (Å²) in [5.74, 6) is 0.405. The standard InChI is InChI=1S/C18H21ClN2O4S/c1-20(2)26(23,24)16-8-5-13(6-9-16)18(22)21(3)12-14-11-15(19)7-10-17(14)25-4/h5-11H,12H2,1-4H3. The minimum Gasteiger partial charge on any atom is -0.496 e. The first-order chi connectivity index (χ1) is 12.2. The maximum Gasteiger partial charge on any atom is 0.253 e. The van der Waals surface area contributed by atoms with Crippen molar-refractivity contribution in [2.75, 3.05) is 28.3 Å². The van der Waals surface area contributed by atoms with Gasteiger partial charge in [0.1, 0.15) is 5.75 Å². The van der Waals surface area contributed by atoms with Crippen LogP contribution < -0.4 is 4.74 Å². The fourth-order valence-corrected chi connectivity index (χ4v) is 3.50. The van der Waals surface area contributed by atoms with Crippen molar-refractivity contribution >= 4 is 27.5 Å². The zero-order valence-electron chi connectivity index (χ0n) is 15.1. The third kappa shape index (κ3) is 4.35. The summed E-state index contributed by atoms with van der Waals surface area (Å²) in [5, 5.41) is 0.555. The van der Waals surface area contributed by atoms with Gasteiger partial charge in [-0.25, -0.2) is 12.7 Å². The van der Waals surface area contributed by atoms with Crippen LogP contribution >= 0.6 is 11.6 Å². The molecule has 0 unspecified atom stereocenters. The molecule has 0 aliphatic carbocycles. The van der Waals surface area contributed by atoms with Gasteiger partial charge in [0.2, 0.25) is 10.0 Å². The van der Waals surface area contributed by atoms with E-state index in [0.29, 0.717) is 22.9 Å². The van der Waals surface area contributed by atoms with Gasteiger partial charge in [0.05, 0.1) is 12.0 Å². The Hall–Kier alpha value is -2.09. The number of amides is 1. The summed E-state index contributed by atoms with van der Waals surface area (Å²) in [6.07, 6.45) is 0. The van der Waals surface area contributed by atoms with E-state index >= 15 is 0 Å². The Morgan fingerprint density at radius 3 is 2.23 bits per heavy atom. The third-order valence-corrected chi connectivity index (χ3v) is 5.94. The van der Waals surface area contributed by atoms with E-state index in [-0.39, 0.29) is 10.8 Å². The number of sulfonamides is 1. The lowest BCUT2D eigenvalue weighted by Gasteiger charge is -2.19. The first-order valence-corrected chi connectivity index (χ1v) is 9.59. The SMILES string of the molecule is COc1ccc(Cl)cc1CN(C)C(=O)c1ccc(S(=O)(=O)N(C)C)cc1. The van der Waals surface area contributed by atoms with Crippen LogP contribution in [-0.2, 0) is 16.6 Å². The van der Waals surface area contributed by atoms with Crippen molar-refractivity contribution in [2.45, 2.75) is 11.4 Å². The lowest BCUT2D eigenvalue weighted by Crippen LogP contribution is -2.26. The summed E-state index contributed by atoms with van der Waals surface area (Å²) in [6, 6.07) is 11.1. The maximum absolute atomic E-state index is 12.6. The minimum atomic E-state index is -3.52. The van der Waals surface area contributed by atoms with Crippen molar-refractivity contribution in [3.63, 3.8) is 0 Å². The number of benzene rings is 2. The molecule has 2 aromatic rings. The van der Waals surface area contributed by atoms with E-state index in [1.807, 2.05) is 0 Å². The second-order valence-corrected chi connectivity index (χ2v) is 8.52.